The second-order valence-electron chi connectivity index (χ2n) is 5.43. The van der Waals surface area contributed by atoms with Crippen molar-refractivity contribution in [3.8, 4) is 0 Å². The molecule has 0 aromatic heterocycles. The molecular formula is C17H19ClO. The highest BCUT2D eigenvalue weighted by Gasteiger charge is 2.26. The van der Waals surface area contributed by atoms with Gasteiger partial charge in [-0.25, -0.2) is 0 Å². The van der Waals surface area contributed by atoms with Gasteiger partial charge in [-0.1, -0.05) is 50.6 Å². The van der Waals surface area contributed by atoms with Crippen molar-refractivity contribution in [2.75, 3.05) is 0 Å². The average molecular weight is 275 g/mol. The van der Waals surface area contributed by atoms with Crippen molar-refractivity contribution in [2.24, 2.45) is 11.8 Å². The second kappa shape index (κ2) is 5.75. The number of rotatable bonds is 2. The Hall–Kier alpha value is -1.34. The molecule has 0 bridgehead atoms. The minimum atomic E-state index is 0.198. The monoisotopic (exact) mass is 274 g/mol. The molecule has 0 fully saturated rings. The maximum Gasteiger partial charge on any atom is 0.185 e. The number of hydrogen-bond acceptors (Lipinski definition) is 1. The summed E-state index contributed by atoms with van der Waals surface area (Å²) in [4.78, 5) is 12.5. The van der Waals surface area contributed by atoms with Crippen LogP contribution in [0.2, 0.25) is 5.02 Å². The van der Waals surface area contributed by atoms with Crippen LogP contribution in [0.25, 0.3) is 6.08 Å². The summed E-state index contributed by atoms with van der Waals surface area (Å²) in [5.74, 6) is 0.767. The molecule has 0 aliphatic heterocycles. The molecule has 0 spiro atoms. The van der Waals surface area contributed by atoms with Gasteiger partial charge in [0.15, 0.2) is 5.78 Å². The Morgan fingerprint density at radius 3 is 2.47 bits per heavy atom. The van der Waals surface area contributed by atoms with E-state index in [-0.39, 0.29) is 17.6 Å². The van der Waals surface area contributed by atoms with Crippen LogP contribution < -0.4 is 0 Å². The van der Waals surface area contributed by atoms with Gasteiger partial charge in [0.1, 0.15) is 0 Å². The van der Waals surface area contributed by atoms with Crippen molar-refractivity contribution >= 4 is 23.5 Å². The van der Waals surface area contributed by atoms with Gasteiger partial charge < -0.3 is 0 Å². The Labute approximate surface area is 120 Å². The average Bonchev–Trinajstić information content (AvgIpc) is 2.36. The van der Waals surface area contributed by atoms with Gasteiger partial charge in [-0.05, 0) is 47.6 Å². The summed E-state index contributed by atoms with van der Waals surface area (Å²) in [6.45, 7) is 6.24. The molecule has 0 unspecified atom stereocenters. The number of carbonyl (C=O) groups excluding carboxylic acids is 1. The summed E-state index contributed by atoms with van der Waals surface area (Å²) < 4.78 is 0. The van der Waals surface area contributed by atoms with E-state index >= 15 is 0 Å². The van der Waals surface area contributed by atoms with Crippen LogP contribution in [0.15, 0.2) is 41.5 Å². The van der Waals surface area contributed by atoms with E-state index in [1.807, 2.05) is 30.3 Å². The maximum absolute atomic E-state index is 12.5. The first kappa shape index (κ1) is 14.1. The number of halogens is 1. The Morgan fingerprint density at radius 1 is 1.26 bits per heavy atom. The fraction of sp³-hybridized carbons (Fsp3) is 0.353. The van der Waals surface area contributed by atoms with Gasteiger partial charge in [0, 0.05) is 10.6 Å². The molecule has 2 heteroatoms. The topological polar surface area (TPSA) is 17.1 Å². The van der Waals surface area contributed by atoms with E-state index < -0.39 is 0 Å². The van der Waals surface area contributed by atoms with Crippen LogP contribution in [-0.2, 0) is 4.79 Å². The van der Waals surface area contributed by atoms with E-state index in [0.29, 0.717) is 5.02 Å². The molecule has 1 atom stereocenters. The molecule has 0 amide bonds. The molecule has 0 saturated carbocycles. The molecule has 0 saturated heterocycles. The summed E-state index contributed by atoms with van der Waals surface area (Å²) in [6.07, 6.45) is 5.04. The molecule has 1 aliphatic rings. The van der Waals surface area contributed by atoms with Gasteiger partial charge in [-0.3, -0.25) is 4.79 Å². The summed E-state index contributed by atoms with van der Waals surface area (Å²) >= 11 is 5.88. The Kier molecular flexibility index (Phi) is 4.26. The summed E-state index contributed by atoms with van der Waals surface area (Å²) in [7, 11) is 0. The van der Waals surface area contributed by atoms with Gasteiger partial charge in [-0.2, -0.15) is 0 Å². The van der Waals surface area contributed by atoms with Crippen LogP contribution in [-0.4, -0.2) is 5.78 Å². The number of Topliss-reactive ketones (excluding diaryl/α,β-unsaturated/α-hetero) is 1. The lowest BCUT2D eigenvalue weighted by Crippen LogP contribution is -2.20. The zero-order chi connectivity index (χ0) is 14.0. The summed E-state index contributed by atoms with van der Waals surface area (Å²) in [6, 6.07) is 7.60. The van der Waals surface area contributed by atoms with E-state index in [1.54, 1.807) is 0 Å². The lowest BCUT2D eigenvalue weighted by atomic mass is 9.80. The Bertz CT molecular complexity index is 535. The molecule has 19 heavy (non-hydrogen) atoms. The number of ketones is 1. The quantitative estimate of drug-likeness (QED) is 0.700. The zero-order valence-corrected chi connectivity index (χ0v) is 12.4. The van der Waals surface area contributed by atoms with Crippen LogP contribution in [0.1, 0.15) is 32.8 Å². The van der Waals surface area contributed by atoms with Crippen molar-refractivity contribution in [2.45, 2.75) is 27.2 Å². The molecule has 0 heterocycles. The third kappa shape index (κ3) is 3.16. The third-order valence-electron chi connectivity index (χ3n) is 3.56. The van der Waals surface area contributed by atoms with Gasteiger partial charge >= 0.3 is 0 Å². The van der Waals surface area contributed by atoms with Gasteiger partial charge in [-0.15, -0.1) is 0 Å². The predicted octanol–water partition coefficient (Wildman–Crippen LogP) is 4.91. The highest BCUT2D eigenvalue weighted by molar-refractivity contribution is 6.30. The minimum absolute atomic E-state index is 0.198. The molecule has 2 rings (SSSR count). The molecule has 1 aliphatic carbocycles. The molecule has 1 aromatic rings. The van der Waals surface area contributed by atoms with Crippen molar-refractivity contribution in [1.82, 2.24) is 0 Å². The van der Waals surface area contributed by atoms with Crippen LogP contribution >= 0.6 is 11.6 Å². The maximum atomic E-state index is 12.5. The SMILES string of the molecule is CC(C)C1=CC[C@H](C)/C(=C\c2ccc(Cl)cc2)C1=O. The first-order valence-corrected chi connectivity index (χ1v) is 7.08. The van der Waals surface area contributed by atoms with Crippen molar-refractivity contribution in [1.29, 1.82) is 0 Å². The lowest BCUT2D eigenvalue weighted by Gasteiger charge is -2.23. The molecular weight excluding hydrogens is 256 g/mol. The van der Waals surface area contributed by atoms with Crippen LogP contribution in [0, 0.1) is 11.8 Å². The van der Waals surface area contributed by atoms with Gasteiger partial charge in [0.25, 0.3) is 0 Å². The molecule has 0 N–H and O–H groups in total. The first-order chi connectivity index (χ1) is 8.99. The minimum Gasteiger partial charge on any atom is -0.289 e. The largest absolute Gasteiger partial charge is 0.289 e. The third-order valence-corrected chi connectivity index (χ3v) is 3.81. The zero-order valence-electron chi connectivity index (χ0n) is 11.6. The van der Waals surface area contributed by atoms with E-state index in [0.717, 1.165) is 23.1 Å². The Morgan fingerprint density at radius 2 is 1.89 bits per heavy atom. The summed E-state index contributed by atoms with van der Waals surface area (Å²) in [5.41, 5.74) is 2.89. The van der Waals surface area contributed by atoms with Gasteiger partial charge in [0.2, 0.25) is 0 Å². The molecule has 1 aromatic carbocycles. The normalized spacial score (nSPS) is 21.9. The highest BCUT2D eigenvalue weighted by atomic mass is 35.5. The highest BCUT2D eigenvalue weighted by Crippen LogP contribution is 2.31. The van der Waals surface area contributed by atoms with Crippen LogP contribution in [0.4, 0.5) is 0 Å². The van der Waals surface area contributed by atoms with E-state index in [4.69, 9.17) is 11.6 Å². The predicted molar refractivity (Wildman–Crippen MR) is 81.1 cm³/mol. The number of hydrogen-bond donors (Lipinski definition) is 0. The van der Waals surface area contributed by atoms with Crippen LogP contribution in [0.5, 0.6) is 0 Å². The summed E-state index contributed by atoms with van der Waals surface area (Å²) in [5, 5.41) is 0.716. The standard InChI is InChI=1S/C17H19ClO/c1-11(2)15-9-4-12(3)16(17(15)19)10-13-5-7-14(18)8-6-13/h5-12H,4H2,1-3H3/b16-10+/t12-/m0/s1. The fourth-order valence-electron chi connectivity index (χ4n) is 2.36. The van der Waals surface area contributed by atoms with E-state index in [9.17, 15) is 4.79 Å². The second-order valence-corrected chi connectivity index (χ2v) is 5.87. The number of allylic oxidation sites excluding steroid dienone is 3. The number of benzene rings is 1. The Balaban J connectivity index is 2.35. The molecule has 100 valence electrons. The van der Waals surface area contributed by atoms with Crippen molar-refractivity contribution in [3.63, 3.8) is 0 Å². The van der Waals surface area contributed by atoms with Crippen LogP contribution in [0.3, 0.4) is 0 Å². The smallest absolute Gasteiger partial charge is 0.185 e. The first-order valence-electron chi connectivity index (χ1n) is 6.71. The lowest BCUT2D eigenvalue weighted by molar-refractivity contribution is -0.113. The van der Waals surface area contributed by atoms with Gasteiger partial charge in [0.05, 0.1) is 0 Å². The van der Waals surface area contributed by atoms with E-state index in [1.165, 1.54) is 0 Å². The van der Waals surface area contributed by atoms with Crippen molar-refractivity contribution < 1.29 is 4.79 Å². The molecule has 1 nitrogen and oxygen atoms in total. The number of carbonyl (C=O) groups is 1. The molecule has 0 radical (unpaired) electrons. The van der Waals surface area contributed by atoms with E-state index in [2.05, 4.69) is 26.8 Å². The fourth-order valence-corrected chi connectivity index (χ4v) is 2.48. The van der Waals surface area contributed by atoms with Crippen molar-refractivity contribution in [3.05, 3.63) is 52.1 Å².